The van der Waals surface area contributed by atoms with Gasteiger partial charge in [-0.25, -0.2) is 9.79 Å². The highest BCUT2D eigenvalue weighted by atomic mass is 35.5. The van der Waals surface area contributed by atoms with E-state index >= 15 is 0 Å². The van der Waals surface area contributed by atoms with Crippen molar-refractivity contribution in [2.45, 2.75) is 12.5 Å². The van der Waals surface area contributed by atoms with Gasteiger partial charge in [-0.15, -0.1) is 12.4 Å². The van der Waals surface area contributed by atoms with Crippen molar-refractivity contribution in [1.29, 1.82) is 0 Å². The van der Waals surface area contributed by atoms with E-state index in [1.807, 2.05) is 24.3 Å². The van der Waals surface area contributed by atoms with Gasteiger partial charge in [-0.05, 0) is 11.6 Å². The standard InChI is InChI=1S/C13H12N2O2.ClH/c1-17-13(16)11-6-9-8-4-2-3-5-10(8)15-12(9)7-14-11;/h2-5,7,11,14H,6H2,1H3;1H. The van der Waals surface area contributed by atoms with E-state index < -0.39 is 0 Å². The van der Waals surface area contributed by atoms with Gasteiger partial charge in [-0.1, -0.05) is 18.2 Å². The van der Waals surface area contributed by atoms with Crippen LogP contribution in [0.15, 0.2) is 41.2 Å². The van der Waals surface area contributed by atoms with Crippen LogP contribution in [-0.2, 0) is 9.53 Å². The summed E-state index contributed by atoms with van der Waals surface area (Å²) in [6.45, 7) is 0. The Hall–Kier alpha value is -1.81. The molecule has 18 heavy (non-hydrogen) atoms. The molecule has 1 N–H and O–H groups in total. The van der Waals surface area contributed by atoms with Gasteiger partial charge in [-0.3, -0.25) is 0 Å². The second-order valence-corrected chi connectivity index (χ2v) is 4.08. The lowest BCUT2D eigenvalue weighted by atomic mass is 9.99. The molecule has 0 aliphatic carbocycles. The molecule has 0 bridgehead atoms. The number of para-hydroxylation sites is 1. The number of carbonyl (C=O) groups excluding carboxylic acids is 1. The summed E-state index contributed by atoms with van der Waals surface area (Å²) in [7, 11) is 1.40. The molecule has 94 valence electrons. The predicted octanol–water partition coefficient (Wildman–Crippen LogP) is 0.269. The van der Waals surface area contributed by atoms with E-state index in [1.54, 1.807) is 6.20 Å². The van der Waals surface area contributed by atoms with Crippen LogP contribution >= 0.6 is 12.4 Å². The first kappa shape index (κ1) is 12.6. The molecule has 1 aromatic rings. The highest BCUT2D eigenvalue weighted by Gasteiger charge is 2.27. The van der Waals surface area contributed by atoms with E-state index in [4.69, 9.17) is 4.74 Å². The normalized spacial score (nSPS) is 19.5. The molecule has 0 amide bonds. The van der Waals surface area contributed by atoms with Crippen LogP contribution < -0.4 is 15.9 Å². The smallest absolute Gasteiger partial charge is 0.328 e. The van der Waals surface area contributed by atoms with Gasteiger partial charge >= 0.3 is 5.97 Å². The molecule has 0 saturated carbocycles. The van der Waals surface area contributed by atoms with Crippen molar-refractivity contribution in [2.75, 3.05) is 7.11 Å². The Labute approximate surface area is 110 Å². The van der Waals surface area contributed by atoms with Crippen LogP contribution in [0.5, 0.6) is 0 Å². The zero-order valence-corrected chi connectivity index (χ0v) is 10.7. The summed E-state index contributed by atoms with van der Waals surface area (Å²) in [6.07, 6.45) is 2.42. The van der Waals surface area contributed by atoms with Gasteiger partial charge in [0.15, 0.2) is 0 Å². The Morgan fingerprint density at radius 1 is 1.44 bits per heavy atom. The van der Waals surface area contributed by atoms with Crippen molar-refractivity contribution >= 4 is 23.9 Å². The number of allylic oxidation sites excluding steroid dienone is 1. The van der Waals surface area contributed by atoms with Gasteiger partial charge in [0.05, 0.1) is 18.2 Å². The van der Waals surface area contributed by atoms with Gasteiger partial charge in [0, 0.05) is 17.8 Å². The van der Waals surface area contributed by atoms with Crippen molar-refractivity contribution in [3.8, 4) is 0 Å². The molecule has 0 aromatic heterocycles. The maximum atomic E-state index is 11.5. The molecule has 0 fully saturated rings. The number of methoxy groups -OCH3 is 1. The number of halogens is 1. The average molecular weight is 265 g/mol. The first-order chi connectivity index (χ1) is 8.29. The lowest BCUT2D eigenvalue weighted by Crippen LogP contribution is -2.38. The molecular formula is C13H13ClN2O2. The van der Waals surface area contributed by atoms with Crippen molar-refractivity contribution in [3.05, 3.63) is 46.7 Å². The Morgan fingerprint density at radius 2 is 2.22 bits per heavy atom. The van der Waals surface area contributed by atoms with Crippen molar-refractivity contribution in [3.63, 3.8) is 0 Å². The highest BCUT2D eigenvalue weighted by molar-refractivity contribution is 5.85. The van der Waals surface area contributed by atoms with Crippen LogP contribution in [0.4, 0.5) is 0 Å². The fourth-order valence-corrected chi connectivity index (χ4v) is 2.23. The van der Waals surface area contributed by atoms with Crippen LogP contribution in [-0.4, -0.2) is 19.1 Å². The maximum absolute atomic E-state index is 11.5. The molecule has 1 atom stereocenters. The molecule has 1 unspecified atom stereocenters. The van der Waals surface area contributed by atoms with Gasteiger partial charge in [0.1, 0.15) is 6.04 Å². The Bertz CT molecular complexity index is 637. The minimum atomic E-state index is -0.305. The van der Waals surface area contributed by atoms with E-state index in [-0.39, 0.29) is 24.4 Å². The summed E-state index contributed by atoms with van der Waals surface area (Å²) in [4.78, 5) is 16.0. The highest BCUT2D eigenvalue weighted by Crippen LogP contribution is 2.23. The van der Waals surface area contributed by atoms with Crippen LogP contribution in [0, 0.1) is 0 Å². The molecule has 0 spiro atoms. The topological polar surface area (TPSA) is 50.7 Å². The predicted molar refractivity (Wildman–Crippen MR) is 69.5 cm³/mol. The number of hydrogen-bond donors (Lipinski definition) is 1. The SMILES string of the molecule is COC(=O)C1CC2=c3ccccc3=NC2=CN1.Cl. The molecule has 5 heteroatoms. The fraction of sp³-hybridized carbons (Fsp3) is 0.231. The molecular weight excluding hydrogens is 252 g/mol. The number of hydrogen-bond acceptors (Lipinski definition) is 4. The first-order valence-electron chi connectivity index (χ1n) is 5.51. The average Bonchev–Trinajstić information content (AvgIpc) is 2.75. The molecule has 2 aliphatic rings. The number of carbonyl (C=O) groups is 1. The molecule has 1 aromatic carbocycles. The Kier molecular flexibility index (Phi) is 3.39. The quantitative estimate of drug-likeness (QED) is 0.741. The summed E-state index contributed by atoms with van der Waals surface area (Å²) < 4.78 is 4.75. The minimum absolute atomic E-state index is 0. The van der Waals surface area contributed by atoms with Crippen molar-refractivity contribution in [1.82, 2.24) is 5.32 Å². The summed E-state index contributed by atoms with van der Waals surface area (Å²) in [6, 6.07) is 7.66. The summed E-state index contributed by atoms with van der Waals surface area (Å²) >= 11 is 0. The number of rotatable bonds is 1. The number of ether oxygens (including phenoxy) is 1. The third-order valence-electron chi connectivity index (χ3n) is 3.09. The van der Waals surface area contributed by atoms with Gasteiger partial charge < -0.3 is 10.1 Å². The number of fused-ring (bicyclic) bond motifs is 2. The van der Waals surface area contributed by atoms with Gasteiger partial charge in [0.25, 0.3) is 0 Å². The van der Waals surface area contributed by atoms with Crippen molar-refractivity contribution < 1.29 is 9.53 Å². The number of esters is 1. The third-order valence-corrected chi connectivity index (χ3v) is 3.09. The van der Waals surface area contributed by atoms with Crippen LogP contribution in [0.2, 0.25) is 0 Å². The van der Waals surface area contributed by atoms with E-state index in [1.165, 1.54) is 7.11 Å². The second-order valence-electron chi connectivity index (χ2n) is 4.08. The minimum Gasteiger partial charge on any atom is -0.467 e. The largest absolute Gasteiger partial charge is 0.467 e. The van der Waals surface area contributed by atoms with Crippen LogP contribution in [0.3, 0.4) is 0 Å². The number of nitrogens with one attached hydrogen (secondary N) is 1. The zero-order chi connectivity index (χ0) is 11.8. The van der Waals surface area contributed by atoms with E-state index in [2.05, 4.69) is 10.3 Å². The molecule has 0 radical (unpaired) electrons. The van der Waals surface area contributed by atoms with Crippen LogP contribution in [0.1, 0.15) is 6.42 Å². The molecule has 2 heterocycles. The number of benzene rings is 1. The first-order valence-corrected chi connectivity index (χ1v) is 5.51. The van der Waals surface area contributed by atoms with E-state index in [0.29, 0.717) is 6.42 Å². The summed E-state index contributed by atoms with van der Waals surface area (Å²) in [5, 5.41) is 5.12. The van der Waals surface area contributed by atoms with Gasteiger partial charge in [-0.2, -0.15) is 0 Å². The van der Waals surface area contributed by atoms with Crippen molar-refractivity contribution in [2.24, 2.45) is 4.99 Å². The van der Waals surface area contributed by atoms with E-state index in [0.717, 1.165) is 21.8 Å². The third kappa shape index (κ3) is 1.88. The number of nitrogens with zero attached hydrogens (tertiary/aromatic N) is 1. The molecule has 3 rings (SSSR count). The lowest BCUT2D eigenvalue weighted by Gasteiger charge is -2.20. The fourth-order valence-electron chi connectivity index (χ4n) is 2.23. The summed E-state index contributed by atoms with van der Waals surface area (Å²) in [5.41, 5.74) is 2.04. The second kappa shape index (κ2) is 4.82. The molecule has 4 nitrogen and oxygen atoms in total. The maximum Gasteiger partial charge on any atom is 0.328 e. The van der Waals surface area contributed by atoms with Crippen LogP contribution in [0.25, 0.3) is 5.57 Å². The monoisotopic (exact) mass is 264 g/mol. The van der Waals surface area contributed by atoms with Gasteiger partial charge in [0.2, 0.25) is 0 Å². The Morgan fingerprint density at radius 3 is 3.00 bits per heavy atom. The van der Waals surface area contributed by atoms with E-state index in [9.17, 15) is 4.79 Å². The molecule has 2 aliphatic heterocycles. The lowest BCUT2D eigenvalue weighted by molar-refractivity contribution is -0.142. The Balaban J connectivity index is 0.00000120. The molecule has 0 saturated heterocycles. The zero-order valence-electron chi connectivity index (χ0n) is 9.84. The summed E-state index contributed by atoms with van der Waals surface area (Å²) in [5.74, 6) is -0.239.